The molecule has 2 rings (SSSR count). The fraction of sp³-hybridized carbons (Fsp3) is 0.591. The van der Waals surface area contributed by atoms with Crippen molar-refractivity contribution in [1.29, 1.82) is 0 Å². The van der Waals surface area contributed by atoms with E-state index in [1.54, 1.807) is 11.8 Å². The Balaban J connectivity index is 2.21. The second kappa shape index (κ2) is 9.84. The van der Waals surface area contributed by atoms with Gasteiger partial charge in [-0.15, -0.1) is 0 Å². The van der Waals surface area contributed by atoms with Crippen LogP contribution >= 0.6 is 35.7 Å². The van der Waals surface area contributed by atoms with Crippen LogP contribution in [0.25, 0.3) is 0 Å². The molecule has 1 saturated heterocycles. The van der Waals surface area contributed by atoms with Gasteiger partial charge < -0.3 is 9.64 Å². The summed E-state index contributed by atoms with van der Waals surface area (Å²) >= 11 is 8.77. The molecule has 1 aromatic carbocycles. The van der Waals surface area contributed by atoms with E-state index >= 15 is 0 Å². The fourth-order valence-corrected chi connectivity index (χ4v) is 5.00. The molecule has 0 aromatic heterocycles. The number of hydrogen-bond acceptors (Lipinski definition) is 6. The summed E-state index contributed by atoms with van der Waals surface area (Å²) in [4.78, 5) is 19.2. The van der Waals surface area contributed by atoms with Crippen molar-refractivity contribution >= 4 is 56.9 Å². The van der Waals surface area contributed by atoms with Gasteiger partial charge in [-0.3, -0.25) is 4.79 Å². The fourth-order valence-electron chi connectivity index (χ4n) is 2.86. The van der Waals surface area contributed by atoms with E-state index in [1.807, 2.05) is 26.8 Å². The Bertz CT molecular complexity index is 783. The minimum atomic E-state index is -0.491. The number of carbonyl (C=O) groups is 1. The maximum Gasteiger partial charge on any atom is 0.316 e. The normalized spacial score (nSPS) is 18.2. The van der Waals surface area contributed by atoms with Gasteiger partial charge in [-0.05, 0) is 43.7 Å². The highest BCUT2D eigenvalue weighted by Crippen LogP contribution is 2.36. The van der Waals surface area contributed by atoms with Crippen LogP contribution < -0.4 is 0 Å². The van der Waals surface area contributed by atoms with Crippen molar-refractivity contribution in [2.45, 2.75) is 60.0 Å². The molecule has 1 heterocycles. The third-order valence-corrected chi connectivity index (χ3v) is 7.05. The molecule has 4 nitrogen and oxygen atoms in total. The van der Waals surface area contributed by atoms with Crippen molar-refractivity contribution in [3.63, 3.8) is 0 Å². The number of benzene rings is 1. The molecule has 1 aliphatic heterocycles. The van der Waals surface area contributed by atoms with Crippen LogP contribution in [0.4, 0.5) is 5.69 Å². The number of hydrogen-bond donors (Lipinski definition) is 0. The van der Waals surface area contributed by atoms with Crippen molar-refractivity contribution in [2.75, 3.05) is 18.1 Å². The molecular weight excluding hydrogens is 420 g/mol. The summed E-state index contributed by atoms with van der Waals surface area (Å²) in [6.45, 7) is 15.2. The van der Waals surface area contributed by atoms with Crippen molar-refractivity contribution < 1.29 is 9.53 Å². The van der Waals surface area contributed by atoms with Gasteiger partial charge in [0.05, 0.1) is 11.4 Å². The molecule has 1 aromatic rings. The molecule has 0 spiro atoms. The van der Waals surface area contributed by atoms with E-state index in [1.165, 1.54) is 17.3 Å². The van der Waals surface area contributed by atoms with Crippen LogP contribution in [0.2, 0.25) is 0 Å². The second-order valence-corrected chi connectivity index (χ2v) is 11.8. The molecule has 1 fully saturated rings. The molecule has 0 saturated carbocycles. The standard InChI is InChI=1S/C22H32N2O2S3/c1-15(2)16-10-8-9-11-17(16)23-19-24(13-22(6,7)14-29-19)20(27)28-12-18(25)26-21(3,4)5/h8-11,15H,12-14H2,1-7H3. The zero-order valence-corrected chi connectivity index (χ0v) is 20.9. The number of thiocarbonyl (C=S) groups is 1. The Labute approximate surface area is 189 Å². The topological polar surface area (TPSA) is 41.9 Å². The number of carbonyl (C=O) groups excluding carboxylic acids is 1. The van der Waals surface area contributed by atoms with Gasteiger partial charge in [-0.1, -0.05) is 81.6 Å². The Morgan fingerprint density at radius 3 is 2.62 bits per heavy atom. The molecule has 1 aliphatic rings. The third-order valence-electron chi connectivity index (χ3n) is 4.14. The molecule has 0 N–H and O–H groups in total. The summed E-state index contributed by atoms with van der Waals surface area (Å²) in [5.74, 6) is 1.32. The van der Waals surface area contributed by atoms with E-state index in [0.717, 1.165) is 23.2 Å². The summed E-state index contributed by atoms with van der Waals surface area (Å²) in [6, 6.07) is 8.25. The van der Waals surface area contributed by atoms with Crippen LogP contribution in [0.15, 0.2) is 29.3 Å². The van der Waals surface area contributed by atoms with Gasteiger partial charge in [0, 0.05) is 12.3 Å². The van der Waals surface area contributed by atoms with Crippen LogP contribution in [-0.2, 0) is 9.53 Å². The lowest BCUT2D eigenvalue weighted by Crippen LogP contribution is -2.45. The Hall–Kier alpha value is -1.05. The van der Waals surface area contributed by atoms with Gasteiger partial charge in [0.25, 0.3) is 0 Å². The molecule has 0 aliphatic carbocycles. The maximum atomic E-state index is 12.1. The van der Waals surface area contributed by atoms with E-state index in [-0.39, 0.29) is 17.1 Å². The van der Waals surface area contributed by atoms with Crippen molar-refractivity contribution in [3.8, 4) is 0 Å². The number of aliphatic imine (C=N–C) groups is 1. The minimum Gasteiger partial charge on any atom is -0.459 e. The second-order valence-electron chi connectivity index (χ2n) is 9.29. The van der Waals surface area contributed by atoms with E-state index in [0.29, 0.717) is 10.2 Å². The van der Waals surface area contributed by atoms with Crippen LogP contribution in [-0.4, -0.2) is 44.0 Å². The number of amidine groups is 1. The average Bonchev–Trinajstić information content (AvgIpc) is 2.59. The van der Waals surface area contributed by atoms with Gasteiger partial charge >= 0.3 is 5.97 Å². The van der Waals surface area contributed by atoms with E-state index < -0.39 is 5.60 Å². The Morgan fingerprint density at radius 1 is 1.34 bits per heavy atom. The highest BCUT2D eigenvalue weighted by Gasteiger charge is 2.33. The highest BCUT2D eigenvalue weighted by atomic mass is 32.2. The smallest absolute Gasteiger partial charge is 0.316 e. The van der Waals surface area contributed by atoms with Crippen molar-refractivity contribution in [2.24, 2.45) is 10.4 Å². The lowest BCUT2D eigenvalue weighted by Gasteiger charge is -2.39. The van der Waals surface area contributed by atoms with Crippen LogP contribution in [0, 0.1) is 5.41 Å². The van der Waals surface area contributed by atoms with Gasteiger partial charge in [-0.2, -0.15) is 0 Å². The molecule has 0 bridgehead atoms. The highest BCUT2D eigenvalue weighted by molar-refractivity contribution is 8.23. The SMILES string of the molecule is CC(C)c1ccccc1N=C1SCC(C)(C)CN1C(=S)SCC(=O)OC(C)(C)C. The first-order valence-corrected chi connectivity index (χ1v) is 12.2. The van der Waals surface area contributed by atoms with Crippen molar-refractivity contribution in [1.82, 2.24) is 4.90 Å². The first-order chi connectivity index (χ1) is 13.4. The number of nitrogens with zero attached hydrogens (tertiary/aromatic N) is 2. The number of thioether (sulfide) groups is 2. The minimum absolute atomic E-state index is 0.109. The van der Waals surface area contributed by atoms with E-state index in [9.17, 15) is 4.79 Å². The Morgan fingerprint density at radius 2 is 2.00 bits per heavy atom. The first kappa shape index (κ1) is 24.2. The molecule has 0 unspecified atom stereocenters. The van der Waals surface area contributed by atoms with Crippen LogP contribution in [0.5, 0.6) is 0 Å². The van der Waals surface area contributed by atoms with Gasteiger partial charge in [0.1, 0.15) is 9.92 Å². The number of para-hydroxylation sites is 1. The number of rotatable bonds is 4. The quantitative estimate of drug-likeness (QED) is 0.398. The zero-order chi connectivity index (χ0) is 21.8. The number of esters is 1. The third kappa shape index (κ3) is 7.61. The zero-order valence-electron chi connectivity index (χ0n) is 18.4. The number of ether oxygens (including phenoxy) is 1. The van der Waals surface area contributed by atoms with E-state index in [4.69, 9.17) is 21.9 Å². The lowest BCUT2D eigenvalue weighted by molar-refractivity contribution is -0.151. The predicted molar refractivity (Wildman–Crippen MR) is 131 cm³/mol. The summed E-state index contributed by atoms with van der Waals surface area (Å²) in [5, 5.41) is 0.902. The van der Waals surface area contributed by atoms with Gasteiger partial charge in [0.15, 0.2) is 5.17 Å². The van der Waals surface area contributed by atoms with Gasteiger partial charge in [0.2, 0.25) is 0 Å². The first-order valence-electron chi connectivity index (χ1n) is 9.84. The van der Waals surface area contributed by atoms with E-state index in [2.05, 4.69) is 50.8 Å². The maximum absolute atomic E-state index is 12.1. The largest absolute Gasteiger partial charge is 0.459 e. The average molecular weight is 453 g/mol. The molecule has 160 valence electrons. The molecule has 7 heteroatoms. The molecular formula is C22H32N2O2S3. The van der Waals surface area contributed by atoms with Crippen LogP contribution in [0.3, 0.4) is 0 Å². The van der Waals surface area contributed by atoms with Gasteiger partial charge in [-0.25, -0.2) is 4.99 Å². The summed E-state index contributed by atoms with van der Waals surface area (Å²) in [6.07, 6.45) is 0. The predicted octanol–water partition coefficient (Wildman–Crippen LogP) is 6.23. The Kier molecular flexibility index (Phi) is 8.22. The lowest BCUT2D eigenvalue weighted by atomic mass is 9.96. The summed E-state index contributed by atoms with van der Waals surface area (Å²) in [5.41, 5.74) is 1.82. The molecule has 0 amide bonds. The molecule has 0 radical (unpaired) electrons. The molecule has 29 heavy (non-hydrogen) atoms. The van der Waals surface area contributed by atoms with Crippen molar-refractivity contribution in [3.05, 3.63) is 29.8 Å². The molecule has 0 atom stereocenters. The summed E-state index contributed by atoms with van der Waals surface area (Å²) in [7, 11) is 0. The van der Waals surface area contributed by atoms with Crippen LogP contribution in [0.1, 0.15) is 59.9 Å². The summed E-state index contributed by atoms with van der Waals surface area (Å²) < 4.78 is 6.07. The monoisotopic (exact) mass is 452 g/mol.